The predicted octanol–water partition coefficient (Wildman–Crippen LogP) is 3.37. The summed E-state index contributed by atoms with van der Waals surface area (Å²) in [6, 6.07) is 6.40. The zero-order chi connectivity index (χ0) is 14.9. The van der Waals surface area contributed by atoms with E-state index in [1.165, 1.54) is 6.08 Å². The topological polar surface area (TPSA) is 37.4 Å². The Balaban J connectivity index is 2.36. The van der Waals surface area contributed by atoms with Crippen LogP contribution in [0.3, 0.4) is 0 Å². The molecular weight excluding hydrogens is 339 g/mol. The lowest BCUT2D eigenvalue weighted by molar-refractivity contribution is -0.165. The maximum Gasteiger partial charge on any atom is 0.454 e. The number of amides is 1. The molecule has 1 aromatic carbocycles. The standard InChI is InChI=1S/C13H7BrF3NO2/c14-8-1-3-9(4-2-8)18-10(5-6-12(18)20)7-11(19)13(15,16)17/h1-7H/b10-7+. The van der Waals surface area contributed by atoms with Crippen LogP contribution in [0.5, 0.6) is 0 Å². The molecule has 0 fully saturated rings. The van der Waals surface area contributed by atoms with Crippen molar-refractivity contribution in [1.29, 1.82) is 0 Å². The summed E-state index contributed by atoms with van der Waals surface area (Å²) < 4.78 is 37.5. The van der Waals surface area contributed by atoms with Crippen LogP contribution in [-0.4, -0.2) is 17.9 Å². The van der Waals surface area contributed by atoms with Gasteiger partial charge in [0, 0.05) is 22.3 Å². The summed E-state index contributed by atoms with van der Waals surface area (Å²) in [4.78, 5) is 23.7. The highest BCUT2D eigenvalue weighted by Crippen LogP contribution is 2.27. The first-order valence-electron chi connectivity index (χ1n) is 5.39. The SMILES string of the molecule is O=C1C=C/C(=C\C(=O)C(F)(F)F)N1c1ccc(Br)cc1. The molecule has 0 saturated carbocycles. The molecule has 3 nitrogen and oxygen atoms in total. The molecule has 104 valence electrons. The highest BCUT2D eigenvalue weighted by atomic mass is 79.9. The molecular formula is C13H7BrF3NO2. The van der Waals surface area contributed by atoms with E-state index in [-0.39, 0.29) is 5.70 Å². The first-order chi connectivity index (χ1) is 9.29. The van der Waals surface area contributed by atoms with Crippen molar-refractivity contribution in [1.82, 2.24) is 0 Å². The fourth-order valence-electron chi connectivity index (χ4n) is 1.63. The smallest absolute Gasteiger partial charge is 0.285 e. The van der Waals surface area contributed by atoms with Crippen molar-refractivity contribution in [3.8, 4) is 0 Å². The molecule has 1 amide bonds. The molecule has 2 rings (SSSR count). The van der Waals surface area contributed by atoms with Gasteiger partial charge in [-0.1, -0.05) is 15.9 Å². The van der Waals surface area contributed by atoms with Crippen LogP contribution in [0.15, 0.2) is 52.7 Å². The Hall–Kier alpha value is -1.89. The first-order valence-corrected chi connectivity index (χ1v) is 6.19. The molecule has 0 saturated heterocycles. The number of ketones is 1. The third-order valence-corrected chi connectivity index (χ3v) is 3.05. The van der Waals surface area contributed by atoms with Gasteiger partial charge in [0.15, 0.2) is 0 Å². The van der Waals surface area contributed by atoms with E-state index in [1.54, 1.807) is 24.3 Å². The molecule has 0 radical (unpaired) electrons. The second-order valence-corrected chi connectivity index (χ2v) is 4.83. The molecule has 1 aliphatic rings. The lowest BCUT2D eigenvalue weighted by atomic mass is 10.2. The number of halogens is 4. The maximum absolute atomic E-state index is 12.3. The molecule has 20 heavy (non-hydrogen) atoms. The van der Waals surface area contributed by atoms with Crippen molar-refractivity contribution in [2.24, 2.45) is 0 Å². The van der Waals surface area contributed by atoms with Crippen molar-refractivity contribution in [2.75, 3.05) is 4.90 Å². The Kier molecular flexibility index (Phi) is 3.80. The summed E-state index contributed by atoms with van der Waals surface area (Å²) in [7, 11) is 0. The number of rotatable bonds is 2. The van der Waals surface area contributed by atoms with Crippen molar-refractivity contribution in [3.05, 3.63) is 52.7 Å². The van der Waals surface area contributed by atoms with Crippen LogP contribution in [0.2, 0.25) is 0 Å². The number of benzene rings is 1. The Morgan fingerprint density at radius 3 is 2.30 bits per heavy atom. The van der Waals surface area contributed by atoms with E-state index >= 15 is 0 Å². The minimum atomic E-state index is -4.96. The second-order valence-electron chi connectivity index (χ2n) is 3.91. The number of nitrogens with zero attached hydrogens (tertiary/aromatic N) is 1. The number of carbonyl (C=O) groups is 2. The zero-order valence-electron chi connectivity index (χ0n) is 9.82. The summed E-state index contributed by atoms with van der Waals surface area (Å²) in [6.07, 6.45) is -2.27. The number of hydrogen-bond donors (Lipinski definition) is 0. The second kappa shape index (κ2) is 5.24. The summed E-state index contributed by atoms with van der Waals surface area (Å²) in [5.74, 6) is -2.51. The van der Waals surface area contributed by atoms with Crippen LogP contribution in [0.25, 0.3) is 0 Å². The lowest BCUT2D eigenvalue weighted by Gasteiger charge is -2.18. The van der Waals surface area contributed by atoms with Crippen molar-refractivity contribution >= 4 is 33.3 Å². The average molecular weight is 346 g/mol. The van der Waals surface area contributed by atoms with Gasteiger partial charge in [-0.15, -0.1) is 0 Å². The van der Waals surface area contributed by atoms with E-state index in [0.29, 0.717) is 11.8 Å². The van der Waals surface area contributed by atoms with Crippen LogP contribution in [0, 0.1) is 0 Å². The molecule has 1 aliphatic heterocycles. The normalized spacial score (nSPS) is 17.1. The van der Waals surface area contributed by atoms with Crippen LogP contribution >= 0.6 is 15.9 Å². The molecule has 0 atom stereocenters. The van der Waals surface area contributed by atoms with Gasteiger partial charge in [-0.25, -0.2) is 0 Å². The highest BCUT2D eigenvalue weighted by Gasteiger charge is 2.37. The summed E-state index contributed by atoms with van der Waals surface area (Å²) in [5, 5.41) is 0. The molecule has 1 aromatic rings. The summed E-state index contributed by atoms with van der Waals surface area (Å²) in [6.45, 7) is 0. The van der Waals surface area contributed by atoms with E-state index < -0.39 is 17.9 Å². The predicted molar refractivity (Wildman–Crippen MR) is 69.9 cm³/mol. The minimum Gasteiger partial charge on any atom is -0.285 e. The molecule has 0 N–H and O–H groups in total. The van der Waals surface area contributed by atoms with E-state index in [4.69, 9.17) is 0 Å². The van der Waals surface area contributed by atoms with Gasteiger partial charge in [0.25, 0.3) is 11.7 Å². The Morgan fingerprint density at radius 2 is 1.75 bits per heavy atom. The molecule has 0 spiro atoms. The molecule has 0 aromatic heterocycles. The monoisotopic (exact) mass is 345 g/mol. The minimum absolute atomic E-state index is 0.111. The molecule has 7 heteroatoms. The molecule has 0 aliphatic carbocycles. The van der Waals surface area contributed by atoms with E-state index in [1.807, 2.05) is 0 Å². The van der Waals surface area contributed by atoms with Gasteiger partial charge in [-0.05, 0) is 30.3 Å². The lowest BCUT2D eigenvalue weighted by Crippen LogP contribution is -2.26. The van der Waals surface area contributed by atoms with Gasteiger partial charge < -0.3 is 0 Å². The van der Waals surface area contributed by atoms with Crippen molar-refractivity contribution in [2.45, 2.75) is 6.18 Å². The van der Waals surface area contributed by atoms with Crippen LogP contribution in [0.1, 0.15) is 0 Å². The van der Waals surface area contributed by atoms with Gasteiger partial charge in [0.05, 0.1) is 5.70 Å². The molecule has 0 unspecified atom stereocenters. The van der Waals surface area contributed by atoms with Crippen molar-refractivity contribution in [3.63, 3.8) is 0 Å². The maximum atomic E-state index is 12.3. The average Bonchev–Trinajstić information content (AvgIpc) is 2.71. The van der Waals surface area contributed by atoms with Gasteiger partial charge in [-0.3, -0.25) is 14.5 Å². The first kappa shape index (κ1) is 14.5. The van der Waals surface area contributed by atoms with Gasteiger partial charge in [0.1, 0.15) is 0 Å². The Bertz CT molecular complexity index is 617. The Morgan fingerprint density at radius 1 is 1.15 bits per heavy atom. The Labute approximate surface area is 120 Å². The summed E-state index contributed by atoms with van der Waals surface area (Å²) >= 11 is 3.21. The highest BCUT2D eigenvalue weighted by molar-refractivity contribution is 9.10. The number of carbonyl (C=O) groups excluding carboxylic acids is 2. The van der Waals surface area contributed by atoms with E-state index in [9.17, 15) is 22.8 Å². The van der Waals surface area contributed by atoms with Crippen LogP contribution < -0.4 is 4.90 Å². The zero-order valence-corrected chi connectivity index (χ0v) is 11.4. The van der Waals surface area contributed by atoms with Gasteiger partial charge in [-0.2, -0.15) is 13.2 Å². The third-order valence-electron chi connectivity index (χ3n) is 2.52. The van der Waals surface area contributed by atoms with E-state index in [0.717, 1.165) is 15.4 Å². The third kappa shape index (κ3) is 2.98. The van der Waals surface area contributed by atoms with Crippen LogP contribution in [0.4, 0.5) is 18.9 Å². The number of anilines is 1. The van der Waals surface area contributed by atoms with E-state index in [2.05, 4.69) is 15.9 Å². The van der Waals surface area contributed by atoms with Gasteiger partial charge in [0.2, 0.25) is 0 Å². The van der Waals surface area contributed by atoms with Crippen LogP contribution in [-0.2, 0) is 9.59 Å². The fourth-order valence-corrected chi connectivity index (χ4v) is 1.89. The number of alkyl halides is 3. The van der Waals surface area contributed by atoms with Gasteiger partial charge >= 0.3 is 6.18 Å². The quantitative estimate of drug-likeness (QED) is 0.770. The number of hydrogen-bond acceptors (Lipinski definition) is 2. The summed E-state index contributed by atoms with van der Waals surface area (Å²) in [5.41, 5.74) is 0.268. The fraction of sp³-hybridized carbons (Fsp3) is 0.0769. The molecule has 0 bridgehead atoms. The van der Waals surface area contributed by atoms with Crippen molar-refractivity contribution < 1.29 is 22.8 Å². The largest absolute Gasteiger partial charge is 0.454 e. The molecule has 1 heterocycles. The number of allylic oxidation sites excluding steroid dienone is 2.